The molecule has 1 amide bonds. The number of aromatic nitrogens is 4. The summed E-state index contributed by atoms with van der Waals surface area (Å²) in [4.78, 5) is 23.0. The number of rotatable bonds is 7. The summed E-state index contributed by atoms with van der Waals surface area (Å²) in [5.41, 5.74) is 4.54. The molecule has 1 fully saturated rings. The summed E-state index contributed by atoms with van der Waals surface area (Å²) in [6.07, 6.45) is 4.79. The monoisotopic (exact) mass is 455 g/mol. The van der Waals surface area contributed by atoms with Crippen LogP contribution in [0.15, 0.2) is 73.6 Å². The summed E-state index contributed by atoms with van der Waals surface area (Å²) in [5, 5.41) is 11.5. The number of anilines is 4. The van der Waals surface area contributed by atoms with Gasteiger partial charge in [0.1, 0.15) is 0 Å². The van der Waals surface area contributed by atoms with Gasteiger partial charge in [-0.3, -0.25) is 4.79 Å². The summed E-state index contributed by atoms with van der Waals surface area (Å²) in [6, 6.07) is 15.8. The predicted octanol–water partition coefficient (Wildman–Crippen LogP) is 3.58. The first-order valence-electron chi connectivity index (χ1n) is 11.1. The summed E-state index contributed by atoms with van der Waals surface area (Å²) in [5.74, 6) is 0.273. The van der Waals surface area contributed by atoms with Crippen LogP contribution in [0.25, 0.3) is 11.0 Å². The highest BCUT2D eigenvalue weighted by Crippen LogP contribution is 2.28. The van der Waals surface area contributed by atoms with E-state index in [1.165, 1.54) is 6.08 Å². The summed E-state index contributed by atoms with van der Waals surface area (Å²) >= 11 is 0. The SMILES string of the molecule is C=CC(=O)Nc1ccc(Cn2ncc3cnc(Nc4ccccc4N4CCOCC4)nc32)cc1. The second-order valence-electron chi connectivity index (χ2n) is 7.91. The maximum absolute atomic E-state index is 11.5. The standard InChI is InChI=1S/C25H25N7O2/c1-2-23(33)28-20-9-7-18(8-10-20)17-32-24-19(16-27-32)15-26-25(30-24)29-21-5-3-4-6-22(21)31-11-13-34-14-12-31/h2-10,15-16H,1,11-14,17H2,(H,28,33)(H,26,29,30). The van der Waals surface area contributed by atoms with Gasteiger partial charge in [0.2, 0.25) is 11.9 Å². The molecule has 2 aromatic carbocycles. The fraction of sp³-hybridized carbons (Fsp3) is 0.200. The highest BCUT2D eigenvalue weighted by molar-refractivity contribution is 5.98. The average molecular weight is 456 g/mol. The van der Waals surface area contributed by atoms with Gasteiger partial charge in [-0.2, -0.15) is 10.1 Å². The number of hydrogen-bond acceptors (Lipinski definition) is 7. The minimum Gasteiger partial charge on any atom is -0.378 e. The smallest absolute Gasteiger partial charge is 0.247 e. The van der Waals surface area contributed by atoms with E-state index < -0.39 is 0 Å². The minimum atomic E-state index is -0.238. The minimum absolute atomic E-state index is 0.238. The zero-order valence-electron chi connectivity index (χ0n) is 18.6. The lowest BCUT2D eigenvalue weighted by Gasteiger charge is -2.30. The molecule has 0 radical (unpaired) electrons. The van der Waals surface area contributed by atoms with Gasteiger partial charge in [-0.05, 0) is 35.9 Å². The molecule has 9 nitrogen and oxygen atoms in total. The van der Waals surface area contributed by atoms with Crippen molar-refractivity contribution in [2.24, 2.45) is 0 Å². The van der Waals surface area contributed by atoms with Crippen molar-refractivity contribution in [1.29, 1.82) is 0 Å². The molecule has 1 aliphatic rings. The Morgan fingerprint density at radius 3 is 2.68 bits per heavy atom. The molecule has 2 aromatic heterocycles. The lowest BCUT2D eigenvalue weighted by molar-refractivity contribution is -0.111. The third kappa shape index (κ3) is 4.74. The molecule has 0 saturated carbocycles. The summed E-state index contributed by atoms with van der Waals surface area (Å²) in [6.45, 7) is 7.15. The number of amides is 1. The molecular weight excluding hydrogens is 430 g/mol. The molecule has 34 heavy (non-hydrogen) atoms. The topological polar surface area (TPSA) is 97.2 Å². The first-order valence-corrected chi connectivity index (χ1v) is 11.1. The van der Waals surface area contributed by atoms with Gasteiger partial charge < -0.3 is 20.3 Å². The zero-order valence-corrected chi connectivity index (χ0v) is 18.6. The van der Waals surface area contributed by atoms with Gasteiger partial charge in [-0.1, -0.05) is 30.8 Å². The normalized spacial score (nSPS) is 13.6. The van der Waals surface area contributed by atoms with Gasteiger partial charge in [0.05, 0.1) is 42.7 Å². The number of carbonyl (C=O) groups is 1. The van der Waals surface area contributed by atoms with Crippen molar-refractivity contribution in [2.75, 3.05) is 41.8 Å². The molecular formula is C25H25N7O2. The first kappa shape index (κ1) is 21.6. The van der Waals surface area contributed by atoms with Gasteiger partial charge in [0.15, 0.2) is 5.65 Å². The van der Waals surface area contributed by atoms with Crippen LogP contribution in [0.4, 0.5) is 23.0 Å². The van der Waals surface area contributed by atoms with Crippen LogP contribution in [0, 0.1) is 0 Å². The van der Waals surface area contributed by atoms with E-state index in [-0.39, 0.29) is 5.91 Å². The molecule has 1 aliphatic heterocycles. The second kappa shape index (κ2) is 9.72. The summed E-state index contributed by atoms with van der Waals surface area (Å²) < 4.78 is 7.33. The Kier molecular flexibility index (Phi) is 6.17. The molecule has 0 aliphatic carbocycles. The third-order valence-corrected chi connectivity index (χ3v) is 5.62. The lowest BCUT2D eigenvalue weighted by atomic mass is 10.2. The van der Waals surface area contributed by atoms with Crippen molar-refractivity contribution >= 4 is 40.0 Å². The fourth-order valence-corrected chi connectivity index (χ4v) is 3.88. The van der Waals surface area contributed by atoms with Crippen LogP contribution >= 0.6 is 0 Å². The summed E-state index contributed by atoms with van der Waals surface area (Å²) in [7, 11) is 0. The highest BCUT2D eigenvalue weighted by Gasteiger charge is 2.15. The molecule has 0 unspecified atom stereocenters. The molecule has 3 heterocycles. The van der Waals surface area contributed by atoms with Gasteiger partial charge in [-0.15, -0.1) is 0 Å². The molecule has 1 saturated heterocycles. The van der Waals surface area contributed by atoms with Crippen LogP contribution < -0.4 is 15.5 Å². The number of carbonyl (C=O) groups excluding carboxylic acids is 1. The van der Waals surface area contributed by atoms with E-state index in [1.807, 2.05) is 47.1 Å². The number of hydrogen-bond donors (Lipinski definition) is 2. The van der Waals surface area contributed by atoms with Crippen LogP contribution in [0.5, 0.6) is 0 Å². The maximum Gasteiger partial charge on any atom is 0.247 e. The Balaban J connectivity index is 1.36. The van der Waals surface area contributed by atoms with E-state index >= 15 is 0 Å². The molecule has 0 atom stereocenters. The number of fused-ring (bicyclic) bond motifs is 1. The Hall–Kier alpha value is -4.24. The fourth-order valence-electron chi connectivity index (χ4n) is 3.88. The number of morpholine rings is 1. The number of para-hydroxylation sites is 2. The van der Waals surface area contributed by atoms with E-state index in [9.17, 15) is 4.79 Å². The Bertz CT molecular complexity index is 1310. The van der Waals surface area contributed by atoms with E-state index in [0.29, 0.717) is 18.2 Å². The molecule has 4 aromatic rings. The van der Waals surface area contributed by atoms with Crippen LogP contribution in [-0.2, 0) is 16.1 Å². The van der Waals surface area contributed by atoms with Crippen LogP contribution in [0.2, 0.25) is 0 Å². The van der Waals surface area contributed by atoms with Crippen molar-refractivity contribution < 1.29 is 9.53 Å². The Morgan fingerprint density at radius 2 is 1.88 bits per heavy atom. The predicted molar refractivity (Wildman–Crippen MR) is 132 cm³/mol. The molecule has 0 spiro atoms. The second-order valence-corrected chi connectivity index (χ2v) is 7.91. The average Bonchev–Trinajstić information content (AvgIpc) is 3.28. The molecule has 172 valence electrons. The van der Waals surface area contributed by atoms with E-state index in [0.717, 1.165) is 54.3 Å². The number of nitrogens with zero attached hydrogens (tertiary/aromatic N) is 5. The van der Waals surface area contributed by atoms with Crippen molar-refractivity contribution in [2.45, 2.75) is 6.54 Å². The van der Waals surface area contributed by atoms with Crippen molar-refractivity contribution in [1.82, 2.24) is 19.7 Å². The maximum atomic E-state index is 11.5. The van der Waals surface area contributed by atoms with Gasteiger partial charge in [0.25, 0.3) is 0 Å². The van der Waals surface area contributed by atoms with Crippen molar-refractivity contribution in [3.05, 3.63) is 79.1 Å². The van der Waals surface area contributed by atoms with Crippen LogP contribution in [0.1, 0.15) is 5.56 Å². The number of nitrogens with one attached hydrogen (secondary N) is 2. The number of ether oxygens (including phenoxy) is 1. The Labute approximate surface area is 197 Å². The molecule has 5 rings (SSSR count). The van der Waals surface area contributed by atoms with E-state index in [1.54, 1.807) is 12.4 Å². The number of benzene rings is 2. The van der Waals surface area contributed by atoms with E-state index in [4.69, 9.17) is 9.72 Å². The quantitative estimate of drug-likeness (QED) is 0.411. The third-order valence-electron chi connectivity index (χ3n) is 5.62. The lowest BCUT2D eigenvalue weighted by Crippen LogP contribution is -2.36. The zero-order chi connectivity index (χ0) is 23.3. The van der Waals surface area contributed by atoms with Gasteiger partial charge >= 0.3 is 0 Å². The van der Waals surface area contributed by atoms with Gasteiger partial charge in [0, 0.05) is 25.0 Å². The van der Waals surface area contributed by atoms with Crippen molar-refractivity contribution in [3.63, 3.8) is 0 Å². The van der Waals surface area contributed by atoms with Gasteiger partial charge in [-0.25, -0.2) is 9.67 Å². The molecule has 9 heteroatoms. The highest BCUT2D eigenvalue weighted by atomic mass is 16.5. The molecule has 0 bridgehead atoms. The Morgan fingerprint density at radius 1 is 1.09 bits per heavy atom. The molecule has 2 N–H and O–H groups in total. The largest absolute Gasteiger partial charge is 0.378 e. The van der Waals surface area contributed by atoms with E-state index in [2.05, 4.69) is 38.3 Å². The van der Waals surface area contributed by atoms with Crippen LogP contribution in [-0.4, -0.2) is 52.0 Å². The van der Waals surface area contributed by atoms with Crippen molar-refractivity contribution in [3.8, 4) is 0 Å². The first-order chi connectivity index (χ1) is 16.7. The van der Waals surface area contributed by atoms with Crippen LogP contribution in [0.3, 0.4) is 0 Å².